The second kappa shape index (κ2) is 14.2. The van der Waals surface area contributed by atoms with Crippen LogP contribution in [0.3, 0.4) is 0 Å². The molecule has 5 rings (SSSR count). The average molecular weight is 608 g/mol. The van der Waals surface area contributed by atoms with Crippen molar-refractivity contribution in [1.29, 1.82) is 0 Å². The lowest BCUT2D eigenvalue weighted by molar-refractivity contribution is -0.253. The van der Waals surface area contributed by atoms with E-state index in [0.29, 0.717) is 10.8 Å². The maximum absolute atomic E-state index is 10.7. The van der Waals surface area contributed by atoms with E-state index in [-0.39, 0.29) is 6.10 Å². The second-order valence-electron chi connectivity index (χ2n) is 15.6. The topological polar surface area (TPSA) is 139 Å². The van der Waals surface area contributed by atoms with Crippen molar-refractivity contribution in [3.8, 4) is 0 Å². The number of hydrogen-bond acceptors (Lipinski definition) is 7. The molecular formula is C35H61NO7. The van der Waals surface area contributed by atoms with Crippen molar-refractivity contribution in [1.82, 2.24) is 5.32 Å². The molecule has 1 heterocycles. The summed E-state index contributed by atoms with van der Waals surface area (Å²) in [5, 5.41) is 49.6. The Morgan fingerprint density at radius 1 is 1.00 bits per heavy atom. The Balaban J connectivity index is 0.000000239. The highest BCUT2D eigenvalue weighted by Gasteiger charge is 2.59. The van der Waals surface area contributed by atoms with Crippen LogP contribution in [0, 0.1) is 46.3 Å². The van der Waals surface area contributed by atoms with Gasteiger partial charge in [-0.25, -0.2) is 0 Å². The Morgan fingerprint density at radius 2 is 1.72 bits per heavy atom. The van der Waals surface area contributed by atoms with E-state index in [4.69, 9.17) is 9.84 Å². The smallest absolute Gasteiger partial charge is 0.217 e. The van der Waals surface area contributed by atoms with E-state index in [1.54, 1.807) is 5.57 Å². The minimum atomic E-state index is -1.45. The zero-order valence-corrected chi connectivity index (χ0v) is 27.5. The molecule has 8 heteroatoms. The highest BCUT2D eigenvalue weighted by Crippen LogP contribution is 2.67. The van der Waals surface area contributed by atoms with Crippen molar-refractivity contribution in [2.45, 2.75) is 149 Å². The third-order valence-corrected chi connectivity index (χ3v) is 12.5. The van der Waals surface area contributed by atoms with Crippen molar-refractivity contribution in [2.24, 2.45) is 46.3 Å². The van der Waals surface area contributed by atoms with Gasteiger partial charge in [-0.2, -0.15) is 0 Å². The van der Waals surface area contributed by atoms with Crippen LogP contribution in [0.1, 0.15) is 112 Å². The van der Waals surface area contributed by atoms with Crippen LogP contribution in [0.25, 0.3) is 0 Å². The van der Waals surface area contributed by atoms with E-state index < -0.39 is 43.2 Å². The monoisotopic (exact) mass is 607 g/mol. The van der Waals surface area contributed by atoms with Gasteiger partial charge in [0.25, 0.3) is 0 Å². The summed E-state index contributed by atoms with van der Waals surface area (Å²) in [6.45, 7) is 13.3. The van der Waals surface area contributed by atoms with E-state index in [0.717, 1.165) is 48.3 Å². The van der Waals surface area contributed by atoms with Crippen molar-refractivity contribution in [3.63, 3.8) is 0 Å². The molecule has 8 nitrogen and oxygen atoms in total. The maximum atomic E-state index is 10.7. The zero-order valence-electron chi connectivity index (χ0n) is 27.5. The number of aliphatic hydroxyl groups is 5. The second-order valence-corrected chi connectivity index (χ2v) is 15.6. The largest absolute Gasteiger partial charge is 0.394 e. The average Bonchev–Trinajstić information content (AvgIpc) is 3.31. The number of ether oxygens (including phenoxy) is 1. The molecule has 0 aromatic carbocycles. The summed E-state index contributed by atoms with van der Waals surface area (Å²) in [7, 11) is 0. The molecule has 1 saturated heterocycles. The number of carbonyl (C=O) groups excluding carboxylic acids is 1. The van der Waals surface area contributed by atoms with Gasteiger partial charge in [0.2, 0.25) is 5.91 Å². The lowest BCUT2D eigenvalue weighted by atomic mass is 9.47. The molecule has 6 N–H and O–H groups in total. The molecule has 4 fully saturated rings. The molecule has 0 bridgehead atoms. The van der Waals surface area contributed by atoms with Gasteiger partial charge < -0.3 is 35.6 Å². The molecule has 0 aromatic rings. The van der Waals surface area contributed by atoms with Gasteiger partial charge >= 0.3 is 0 Å². The van der Waals surface area contributed by atoms with Crippen LogP contribution < -0.4 is 5.32 Å². The van der Waals surface area contributed by atoms with Crippen LogP contribution in [0.5, 0.6) is 0 Å². The Labute approximate surface area is 259 Å². The van der Waals surface area contributed by atoms with Crippen LogP contribution >= 0.6 is 0 Å². The lowest BCUT2D eigenvalue weighted by Crippen LogP contribution is -2.63. The maximum Gasteiger partial charge on any atom is 0.217 e. The number of hydrogen-bond donors (Lipinski definition) is 6. The fourth-order valence-electron chi connectivity index (χ4n) is 10.2. The first-order chi connectivity index (χ1) is 20.2. The van der Waals surface area contributed by atoms with Crippen LogP contribution in [0.2, 0.25) is 0 Å². The van der Waals surface area contributed by atoms with Crippen LogP contribution in [-0.2, 0) is 9.53 Å². The minimum absolute atomic E-state index is 0.0766. The fourth-order valence-corrected chi connectivity index (χ4v) is 10.2. The summed E-state index contributed by atoms with van der Waals surface area (Å²) in [6, 6.07) is -1.10. The first-order valence-corrected chi connectivity index (χ1v) is 17.2. The van der Waals surface area contributed by atoms with Crippen LogP contribution in [0.4, 0.5) is 0 Å². The highest BCUT2D eigenvalue weighted by atomic mass is 16.6. The molecule has 0 aromatic heterocycles. The SMILES string of the molecule is CC(=O)N[C@H]1C(O)O[C@H](CO)[C@H](O)[C@@H]1O.CC(C)CCC[C@@H](C)[C@H]1CC[C@H]2[C@@H]3CC=C4C[C@@H](O)CC[C@]4(C)[C@H]3CC[C@]12C. The molecule has 5 aliphatic rings. The zero-order chi connectivity index (χ0) is 31.7. The van der Waals surface area contributed by atoms with Crippen molar-refractivity contribution in [2.75, 3.05) is 6.61 Å². The first-order valence-electron chi connectivity index (χ1n) is 17.2. The van der Waals surface area contributed by atoms with Gasteiger partial charge in [0, 0.05) is 6.92 Å². The number of aliphatic hydroxyl groups excluding tert-OH is 5. The molecule has 3 saturated carbocycles. The van der Waals surface area contributed by atoms with Crippen molar-refractivity contribution in [3.05, 3.63) is 11.6 Å². The summed E-state index contributed by atoms with van der Waals surface area (Å²) in [5.74, 6) is 5.00. The summed E-state index contributed by atoms with van der Waals surface area (Å²) in [5.41, 5.74) is 2.60. The van der Waals surface area contributed by atoms with Gasteiger partial charge in [-0.05, 0) is 97.7 Å². The van der Waals surface area contributed by atoms with E-state index >= 15 is 0 Å². The summed E-state index contributed by atoms with van der Waals surface area (Å²) >= 11 is 0. The Kier molecular flexibility index (Phi) is 11.5. The van der Waals surface area contributed by atoms with Gasteiger partial charge in [0.1, 0.15) is 24.4 Å². The standard InChI is InChI=1S/C27H46O.C8H15NO6/c1-18(2)7-6-8-19(3)23-11-12-24-22-10-9-20-17-21(28)13-15-26(20,4)25(22)14-16-27(23,24)5;1-3(11)9-5-7(13)6(12)4(2-10)15-8(5)14/h9,18-19,21-25,28H,6-8,10-17H2,1-5H3;4-8,10,12-14H,2H2,1H3,(H,9,11)/t19-,21+,22+,23-,24+,25+,26+,27-;4-,5-,6+,7-,8?/m11/s1. The normalized spacial score (nSPS) is 44.7. The Morgan fingerprint density at radius 3 is 2.37 bits per heavy atom. The van der Waals surface area contributed by atoms with Gasteiger partial charge in [-0.15, -0.1) is 0 Å². The third kappa shape index (κ3) is 7.20. The van der Waals surface area contributed by atoms with Gasteiger partial charge in [0.15, 0.2) is 6.29 Å². The lowest BCUT2D eigenvalue weighted by Gasteiger charge is -2.58. The third-order valence-electron chi connectivity index (χ3n) is 12.5. The summed E-state index contributed by atoms with van der Waals surface area (Å²) in [6.07, 6.45) is 11.9. The van der Waals surface area contributed by atoms with Gasteiger partial charge in [-0.3, -0.25) is 4.79 Å². The van der Waals surface area contributed by atoms with E-state index in [1.165, 1.54) is 64.7 Å². The molecule has 1 amide bonds. The van der Waals surface area contributed by atoms with Gasteiger partial charge in [0.05, 0.1) is 12.7 Å². The van der Waals surface area contributed by atoms with Crippen molar-refractivity contribution >= 4 is 5.91 Å². The minimum Gasteiger partial charge on any atom is -0.394 e. The van der Waals surface area contributed by atoms with Crippen LogP contribution in [0.15, 0.2) is 11.6 Å². The quantitative estimate of drug-likeness (QED) is 0.237. The van der Waals surface area contributed by atoms with Crippen LogP contribution in [-0.4, -0.2) is 74.8 Å². The molecule has 1 aliphatic heterocycles. The predicted molar refractivity (Wildman–Crippen MR) is 167 cm³/mol. The Bertz CT molecular complexity index is 972. The van der Waals surface area contributed by atoms with E-state index in [9.17, 15) is 25.2 Å². The number of nitrogens with one attached hydrogen (secondary N) is 1. The molecule has 4 aliphatic carbocycles. The molecule has 0 spiro atoms. The number of fused-ring (bicyclic) bond motifs is 5. The van der Waals surface area contributed by atoms with Gasteiger partial charge in [-0.1, -0.05) is 65.5 Å². The molecule has 248 valence electrons. The number of amides is 1. The number of carbonyl (C=O) groups is 1. The first kappa shape index (κ1) is 34.8. The fraction of sp³-hybridized carbons (Fsp3) is 0.914. The van der Waals surface area contributed by atoms with E-state index in [2.05, 4.69) is 46.0 Å². The Hall–Kier alpha value is -1.03. The number of rotatable bonds is 7. The predicted octanol–water partition coefficient (Wildman–Crippen LogP) is 4.31. The molecule has 1 unspecified atom stereocenters. The summed E-state index contributed by atoms with van der Waals surface area (Å²) in [4.78, 5) is 10.7. The van der Waals surface area contributed by atoms with E-state index in [1.807, 2.05) is 0 Å². The molecular weight excluding hydrogens is 546 g/mol. The number of allylic oxidation sites excluding steroid dienone is 1. The van der Waals surface area contributed by atoms with Crippen molar-refractivity contribution < 1.29 is 35.1 Å². The molecule has 13 atom stereocenters. The highest BCUT2D eigenvalue weighted by molar-refractivity contribution is 5.73. The molecule has 43 heavy (non-hydrogen) atoms. The molecule has 0 radical (unpaired) electrons. The summed E-state index contributed by atoms with van der Waals surface area (Å²) < 4.78 is 4.81.